The summed E-state index contributed by atoms with van der Waals surface area (Å²) in [6.07, 6.45) is 2.08. The Balaban J connectivity index is 1.57. The van der Waals surface area contributed by atoms with Gasteiger partial charge in [-0.3, -0.25) is 9.78 Å². The number of rotatable bonds is 8. The highest BCUT2D eigenvalue weighted by Gasteiger charge is 2.43. The van der Waals surface area contributed by atoms with Gasteiger partial charge in [-0.25, -0.2) is 4.79 Å². The minimum atomic E-state index is -0.982. The summed E-state index contributed by atoms with van der Waals surface area (Å²) in [5, 5.41) is 16.1. The van der Waals surface area contributed by atoms with Crippen molar-refractivity contribution < 1.29 is 23.8 Å². The zero-order valence-corrected chi connectivity index (χ0v) is 23.0. The summed E-state index contributed by atoms with van der Waals surface area (Å²) in [7, 11) is 1.55. The Morgan fingerprint density at radius 3 is 2.65 bits per heavy atom. The van der Waals surface area contributed by atoms with Crippen molar-refractivity contribution >= 4 is 40.6 Å². The van der Waals surface area contributed by atoms with Gasteiger partial charge in [0, 0.05) is 29.9 Å². The summed E-state index contributed by atoms with van der Waals surface area (Å²) in [6.45, 7) is 3.64. The molecule has 10 heteroatoms. The molecule has 2 unspecified atom stereocenters. The minimum Gasteiger partial charge on any atom is -0.494 e. The number of methoxy groups -OCH3 is 1. The van der Waals surface area contributed by atoms with Crippen LogP contribution in [0.3, 0.4) is 0 Å². The fraction of sp³-hybridized carbons (Fsp3) is 0.200. The Morgan fingerprint density at radius 1 is 1.15 bits per heavy atom. The van der Waals surface area contributed by atoms with Gasteiger partial charge in [0.1, 0.15) is 23.3 Å². The number of aromatic nitrogens is 1. The standard InChI is InChI=1S/C30H28N4O5S/c1-4-26(35)32-21-11-9-19(16-25(21)38-3)34-28(27(33-30(34)40)22-7-5-6-14-31-22)24-13-12-23(39-24)20-10-8-18(29(36)37)15-17(20)2/h5-16,27-28H,4H2,1-3H3,(H,32,35)(H,33,40)(H,36,37). The predicted molar refractivity (Wildman–Crippen MR) is 156 cm³/mol. The first-order valence-corrected chi connectivity index (χ1v) is 13.1. The van der Waals surface area contributed by atoms with Crippen LogP contribution in [0.1, 0.15) is 52.8 Å². The fourth-order valence-electron chi connectivity index (χ4n) is 4.82. The van der Waals surface area contributed by atoms with Crippen LogP contribution in [0.25, 0.3) is 11.3 Å². The number of carbonyl (C=O) groups is 2. The third-order valence-corrected chi connectivity index (χ3v) is 7.13. The lowest BCUT2D eigenvalue weighted by Gasteiger charge is -2.27. The quantitative estimate of drug-likeness (QED) is 0.229. The van der Waals surface area contributed by atoms with E-state index in [2.05, 4.69) is 15.6 Å². The molecule has 4 aromatic rings. The first-order valence-electron chi connectivity index (χ1n) is 12.7. The van der Waals surface area contributed by atoms with Crippen molar-refractivity contribution in [2.45, 2.75) is 32.4 Å². The number of nitrogens with one attached hydrogen (secondary N) is 2. The van der Waals surface area contributed by atoms with Crippen LogP contribution in [0.4, 0.5) is 11.4 Å². The second kappa shape index (κ2) is 11.2. The molecule has 204 valence electrons. The number of benzene rings is 2. The van der Waals surface area contributed by atoms with E-state index in [0.29, 0.717) is 34.5 Å². The van der Waals surface area contributed by atoms with Gasteiger partial charge >= 0.3 is 5.97 Å². The minimum absolute atomic E-state index is 0.118. The Kier molecular flexibility index (Phi) is 7.52. The first kappa shape index (κ1) is 26.9. The summed E-state index contributed by atoms with van der Waals surface area (Å²) in [6, 6.07) is 19.2. The van der Waals surface area contributed by atoms with Crippen molar-refractivity contribution in [1.82, 2.24) is 10.3 Å². The molecule has 1 fully saturated rings. The van der Waals surface area contributed by atoms with Crippen molar-refractivity contribution in [3.05, 3.63) is 95.5 Å². The van der Waals surface area contributed by atoms with Gasteiger partial charge in [-0.2, -0.15) is 0 Å². The van der Waals surface area contributed by atoms with Gasteiger partial charge < -0.3 is 29.8 Å². The molecule has 2 aromatic carbocycles. The molecule has 5 rings (SSSR count). The molecule has 0 bridgehead atoms. The van der Waals surface area contributed by atoms with Gasteiger partial charge in [-0.1, -0.05) is 19.1 Å². The van der Waals surface area contributed by atoms with Crippen molar-refractivity contribution in [3.63, 3.8) is 0 Å². The lowest BCUT2D eigenvalue weighted by Crippen LogP contribution is -2.29. The molecule has 0 spiro atoms. The van der Waals surface area contributed by atoms with Crippen LogP contribution in [0.15, 0.2) is 77.3 Å². The molecule has 0 saturated carbocycles. The smallest absolute Gasteiger partial charge is 0.335 e. The van der Waals surface area contributed by atoms with Crippen LogP contribution in [0.5, 0.6) is 5.75 Å². The number of pyridine rings is 1. The van der Waals surface area contributed by atoms with Crippen LogP contribution in [-0.4, -0.2) is 34.2 Å². The zero-order valence-electron chi connectivity index (χ0n) is 22.2. The molecule has 2 aromatic heterocycles. The van der Waals surface area contributed by atoms with Gasteiger partial charge in [0.15, 0.2) is 5.11 Å². The molecule has 0 radical (unpaired) electrons. The normalized spacial score (nSPS) is 16.5. The summed E-state index contributed by atoms with van der Waals surface area (Å²) < 4.78 is 12.0. The molecule has 2 atom stereocenters. The highest BCUT2D eigenvalue weighted by Crippen LogP contribution is 2.44. The number of nitrogens with zero attached hydrogens (tertiary/aromatic N) is 2. The monoisotopic (exact) mass is 556 g/mol. The molecule has 3 N–H and O–H groups in total. The maximum atomic E-state index is 12.0. The number of aryl methyl sites for hydroxylation is 1. The molecule has 1 aliphatic rings. The number of carboxylic acids is 1. The number of carbonyl (C=O) groups excluding carboxylic acids is 1. The summed E-state index contributed by atoms with van der Waals surface area (Å²) >= 11 is 5.82. The predicted octanol–water partition coefficient (Wildman–Crippen LogP) is 5.88. The first-order chi connectivity index (χ1) is 19.3. The summed E-state index contributed by atoms with van der Waals surface area (Å²) in [5.41, 5.74) is 3.89. The van der Waals surface area contributed by atoms with E-state index < -0.39 is 12.0 Å². The molecule has 1 aliphatic heterocycles. The number of hydrogen-bond donors (Lipinski definition) is 3. The third-order valence-electron chi connectivity index (χ3n) is 6.81. The van der Waals surface area contributed by atoms with Gasteiger partial charge in [-0.05, 0) is 73.2 Å². The second-order valence-corrected chi connectivity index (χ2v) is 9.71. The highest BCUT2D eigenvalue weighted by atomic mass is 32.1. The number of carboxylic acid groups (broad SMARTS) is 1. The molecule has 3 heterocycles. The van der Waals surface area contributed by atoms with Crippen LogP contribution >= 0.6 is 12.2 Å². The molecule has 0 aliphatic carbocycles. The van der Waals surface area contributed by atoms with E-state index in [0.717, 1.165) is 22.5 Å². The number of hydrogen-bond acceptors (Lipinski definition) is 6. The SMILES string of the molecule is CCC(=O)Nc1ccc(N2C(=S)NC(c3ccccn3)C2c2ccc(-c3ccc(C(=O)O)cc3C)o2)cc1OC. The molecular formula is C30H28N4O5S. The molecule has 9 nitrogen and oxygen atoms in total. The van der Waals surface area contributed by atoms with Gasteiger partial charge in [0.25, 0.3) is 0 Å². The fourth-order valence-corrected chi connectivity index (χ4v) is 5.17. The van der Waals surface area contributed by atoms with Crippen molar-refractivity contribution in [2.24, 2.45) is 0 Å². The highest BCUT2D eigenvalue weighted by molar-refractivity contribution is 7.80. The number of ether oxygens (including phenoxy) is 1. The van der Waals surface area contributed by atoms with E-state index in [9.17, 15) is 14.7 Å². The van der Waals surface area contributed by atoms with Crippen molar-refractivity contribution in [2.75, 3.05) is 17.3 Å². The largest absolute Gasteiger partial charge is 0.494 e. The Morgan fingerprint density at radius 2 is 1.98 bits per heavy atom. The van der Waals surface area contributed by atoms with E-state index in [1.807, 2.05) is 54.3 Å². The maximum Gasteiger partial charge on any atom is 0.335 e. The lowest BCUT2D eigenvalue weighted by molar-refractivity contribution is -0.115. The van der Waals surface area contributed by atoms with Crippen LogP contribution in [0.2, 0.25) is 0 Å². The third kappa shape index (κ3) is 5.13. The molecule has 40 heavy (non-hydrogen) atoms. The average molecular weight is 557 g/mol. The average Bonchev–Trinajstić information content (AvgIpc) is 3.58. The van der Waals surface area contributed by atoms with Gasteiger partial charge in [0.2, 0.25) is 5.91 Å². The second-order valence-electron chi connectivity index (χ2n) is 9.32. The van der Waals surface area contributed by atoms with Gasteiger partial charge in [0.05, 0.1) is 30.1 Å². The topological polar surface area (TPSA) is 117 Å². The van der Waals surface area contributed by atoms with E-state index in [1.54, 1.807) is 44.5 Å². The van der Waals surface area contributed by atoms with E-state index in [4.69, 9.17) is 21.4 Å². The molecular weight excluding hydrogens is 528 g/mol. The molecule has 1 saturated heterocycles. The Bertz CT molecular complexity index is 1590. The zero-order chi connectivity index (χ0) is 28.4. The number of furan rings is 1. The number of aromatic carboxylic acids is 1. The number of amides is 1. The Hall–Kier alpha value is -4.70. The van der Waals surface area contributed by atoms with E-state index in [-0.39, 0.29) is 17.5 Å². The lowest BCUT2D eigenvalue weighted by atomic mass is 10.0. The number of thiocarbonyl (C=S) groups is 1. The summed E-state index contributed by atoms with van der Waals surface area (Å²) in [5.74, 6) is 0.646. The van der Waals surface area contributed by atoms with Crippen molar-refractivity contribution in [1.29, 1.82) is 0 Å². The van der Waals surface area contributed by atoms with E-state index in [1.165, 1.54) is 0 Å². The summed E-state index contributed by atoms with van der Waals surface area (Å²) in [4.78, 5) is 29.9. The van der Waals surface area contributed by atoms with E-state index >= 15 is 0 Å². The van der Waals surface area contributed by atoms with Gasteiger partial charge in [-0.15, -0.1) is 0 Å². The Labute approximate surface area is 236 Å². The van der Waals surface area contributed by atoms with Crippen LogP contribution in [-0.2, 0) is 4.79 Å². The van der Waals surface area contributed by atoms with Crippen molar-refractivity contribution in [3.8, 4) is 17.1 Å². The van der Waals surface area contributed by atoms with Crippen LogP contribution in [0, 0.1) is 6.92 Å². The maximum absolute atomic E-state index is 12.0. The molecule has 1 amide bonds. The number of anilines is 2. The van der Waals surface area contributed by atoms with Crippen LogP contribution < -0.4 is 20.3 Å².